The average Bonchev–Trinajstić information content (AvgIpc) is 3.07. The zero-order chi connectivity index (χ0) is 17.4. The van der Waals surface area contributed by atoms with Crippen molar-refractivity contribution in [2.45, 2.75) is 69.2 Å². The number of hydrogen-bond acceptors (Lipinski definition) is 3. The van der Waals surface area contributed by atoms with E-state index in [1.807, 2.05) is 0 Å². The Bertz CT molecular complexity index is 637. The number of carbonyl (C=O) groups is 1. The fourth-order valence-electron chi connectivity index (χ4n) is 2.99. The molecule has 1 aliphatic rings. The molecule has 1 aliphatic carbocycles. The maximum atomic E-state index is 12.5. The molecule has 2 rings (SSSR count). The first-order valence-corrected chi connectivity index (χ1v) is 10.4. The van der Waals surface area contributed by atoms with Crippen LogP contribution >= 0.6 is 0 Å². The van der Waals surface area contributed by atoms with Crippen molar-refractivity contribution in [2.75, 3.05) is 6.54 Å². The van der Waals surface area contributed by atoms with Crippen LogP contribution in [0.3, 0.4) is 0 Å². The lowest BCUT2D eigenvalue weighted by atomic mass is 10.2. The summed E-state index contributed by atoms with van der Waals surface area (Å²) in [6, 6.07) is 6.28. The van der Waals surface area contributed by atoms with Gasteiger partial charge in [-0.3, -0.25) is 4.79 Å². The van der Waals surface area contributed by atoms with Crippen LogP contribution in [0.15, 0.2) is 29.2 Å². The minimum atomic E-state index is -3.56. The standard InChI is InChI=1S/C18H28N2O3S/c1-2-3-4-7-13-19-18(21)15-9-8-12-17(14-15)24(22,23)20-16-10-5-6-11-16/h8-9,12,14,16,20H,2-7,10-11,13H2,1H3,(H,19,21). The Balaban J connectivity index is 1.95. The van der Waals surface area contributed by atoms with Crippen LogP contribution in [-0.4, -0.2) is 26.9 Å². The lowest BCUT2D eigenvalue weighted by Gasteiger charge is -2.13. The van der Waals surface area contributed by atoms with E-state index in [1.165, 1.54) is 12.1 Å². The Morgan fingerprint density at radius 1 is 1.17 bits per heavy atom. The molecule has 1 amide bonds. The number of sulfonamides is 1. The van der Waals surface area contributed by atoms with Gasteiger partial charge in [-0.2, -0.15) is 0 Å². The van der Waals surface area contributed by atoms with Gasteiger partial charge in [0.2, 0.25) is 10.0 Å². The second-order valence-electron chi connectivity index (χ2n) is 6.45. The second kappa shape index (κ2) is 9.18. The Morgan fingerprint density at radius 2 is 1.92 bits per heavy atom. The first-order valence-electron chi connectivity index (χ1n) is 8.93. The van der Waals surface area contributed by atoms with E-state index < -0.39 is 10.0 Å². The number of amides is 1. The van der Waals surface area contributed by atoms with Crippen molar-refractivity contribution in [3.05, 3.63) is 29.8 Å². The van der Waals surface area contributed by atoms with Gasteiger partial charge < -0.3 is 5.32 Å². The van der Waals surface area contributed by atoms with E-state index in [-0.39, 0.29) is 16.8 Å². The van der Waals surface area contributed by atoms with E-state index in [9.17, 15) is 13.2 Å². The summed E-state index contributed by atoms with van der Waals surface area (Å²) in [7, 11) is -3.56. The summed E-state index contributed by atoms with van der Waals surface area (Å²) >= 11 is 0. The van der Waals surface area contributed by atoms with Crippen molar-refractivity contribution in [3.63, 3.8) is 0 Å². The van der Waals surface area contributed by atoms with Gasteiger partial charge in [0, 0.05) is 18.2 Å². The van der Waals surface area contributed by atoms with Gasteiger partial charge in [0.15, 0.2) is 0 Å². The molecule has 6 heteroatoms. The highest BCUT2D eigenvalue weighted by Crippen LogP contribution is 2.20. The SMILES string of the molecule is CCCCCCNC(=O)c1cccc(S(=O)(=O)NC2CCCC2)c1. The first-order chi connectivity index (χ1) is 11.5. The number of benzene rings is 1. The van der Waals surface area contributed by atoms with Crippen LogP contribution in [0.2, 0.25) is 0 Å². The highest BCUT2D eigenvalue weighted by molar-refractivity contribution is 7.89. The minimum absolute atomic E-state index is 0.0195. The third-order valence-corrected chi connectivity index (χ3v) is 5.92. The average molecular weight is 353 g/mol. The van der Waals surface area contributed by atoms with Gasteiger partial charge in [0.1, 0.15) is 0 Å². The number of hydrogen-bond donors (Lipinski definition) is 2. The maximum Gasteiger partial charge on any atom is 0.251 e. The monoisotopic (exact) mass is 352 g/mol. The van der Waals surface area contributed by atoms with Gasteiger partial charge in [-0.15, -0.1) is 0 Å². The molecule has 0 aromatic heterocycles. The zero-order valence-corrected chi connectivity index (χ0v) is 15.2. The first kappa shape index (κ1) is 18.9. The molecular formula is C18H28N2O3S. The van der Waals surface area contributed by atoms with E-state index in [4.69, 9.17) is 0 Å². The largest absolute Gasteiger partial charge is 0.352 e. The fourth-order valence-corrected chi connectivity index (χ4v) is 4.34. The summed E-state index contributed by atoms with van der Waals surface area (Å²) < 4.78 is 27.6. The van der Waals surface area contributed by atoms with Gasteiger partial charge in [-0.1, -0.05) is 45.1 Å². The summed E-state index contributed by atoms with van der Waals surface area (Å²) in [5.74, 6) is -0.218. The number of unbranched alkanes of at least 4 members (excludes halogenated alkanes) is 3. The summed E-state index contributed by atoms with van der Waals surface area (Å²) in [5, 5.41) is 2.86. The third kappa shape index (κ3) is 5.60. The number of rotatable bonds is 9. The van der Waals surface area contributed by atoms with Gasteiger partial charge >= 0.3 is 0 Å². The van der Waals surface area contributed by atoms with Crippen molar-refractivity contribution in [2.24, 2.45) is 0 Å². The van der Waals surface area contributed by atoms with E-state index in [0.717, 1.165) is 51.4 Å². The summed E-state index contributed by atoms with van der Waals surface area (Å²) in [6.45, 7) is 2.76. The molecule has 1 saturated carbocycles. The molecule has 0 aliphatic heterocycles. The Kier molecular flexibility index (Phi) is 7.24. The van der Waals surface area contributed by atoms with Crippen LogP contribution in [0.4, 0.5) is 0 Å². The Morgan fingerprint density at radius 3 is 2.62 bits per heavy atom. The molecule has 0 radical (unpaired) electrons. The van der Waals surface area contributed by atoms with Crippen molar-refractivity contribution >= 4 is 15.9 Å². The normalized spacial score (nSPS) is 15.5. The topological polar surface area (TPSA) is 75.3 Å². The smallest absolute Gasteiger partial charge is 0.251 e. The van der Waals surface area contributed by atoms with E-state index >= 15 is 0 Å². The number of nitrogens with one attached hydrogen (secondary N) is 2. The molecule has 0 unspecified atom stereocenters. The van der Waals surface area contributed by atoms with E-state index in [1.54, 1.807) is 12.1 Å². The molecule has 0 spiro atoms. The lowest BCUT2D eigenvalue weighted by Crippen LogP contribution is -2.33. The molecule has 0 heterocycles. The van der Waals surface area contributed by atoms with E-state index in [0.29, 0.717) is 12.1 Å². The molecule has 5 nitrogen and oxygen atoms in total. The van der Waals surface area contributed by atoms with Crippen LogP contribution in [0.5, 0.6) is 0 Å². The van der Waals surface area contributed by atoms with Crippen LogP contribution in [0, 0.1) is 0 Å². The highest BCUT2D eigenvalue weighted by atomic mass is 32.2. The quantitative estimate of drug-likeness (QED) is 0.670. The minimum Gasteiger partial charge on any atom is -0.352 e. The van der Waals surface area contributed by atoms with Gasteiger partial charge in [-0.05, 0) is 37.5 Å². The molecule has 0 saturated heterocycles. The van der Waals surface area contributed by atoms with Crippen molar-refractivity contribution in [1.29, 1.82) is 0 Å². The fraction of sp³-hybridized carbons (Fsp3) is 0.611. The molecule has 0 atom stereocenters. The molecule has 1 fully saturated rings. The van der Waals surface area contributed by atoms with Crippen molar-refractivity contribution < 1.29 is 13.2 Å². The molecule has 1 aromatic carbocycles. The second-order valence-corrected chi connectivity index (χ2v) is 8.16. The van der Waals surface area contributed by atoms with Crippen molar-refractivity contribution in [3.8, 4) is 0 Å². The van der Waals surface area contributed by atoms with Crippen LogP contribution in [0.25, 0.3) is 0 Å². The predicted molar refractivity (Wildman–Crippen MR) is 95.5 cm³/mol. The molecule has 1 aromatic rings. The van der Waals surface area contributed by atoms with Crippen LogP contribution < -0.4 is 10.0 Å². The Hall–Kier alpha value is -1.40. The molecule has 134 valence electrons. The summed E-state index contributed by atoms with van der Waals surface area (Å²) in [4.78, 5) is 12.3. The van der Waals surface area contributed by atoms with Gasteiger partial charge in [0.25, 0.3) is 5.91 Å². The highest BCUT2D eigenvalue weighted by Gasteiger charge is 2.23. The maximum absolute atomic E-state index is 12.5. The summed E-state index contributed by atoms with van der Waals surface area (Å²) in [5.41, 5.74) is 0.389. The number of carbonyl (C=O) groups excluding carboxylic acids is 1. The Labute approximate surface area is 145 Å². The summed E-state index contributed by atoms with van der Waals surface area (Å²) in [6.07, 6.45) is 8.26. The van der Waals surface area contributed by atoms with Crippen LogP contribution in [0.1, 0.15) is 68.6 Å². The molecular weight excluding hydrogens is 324 g/mol. The van der Waals surface area contributed by atoms with Crippen LogP contribution in [-0.2, 0) is 10.0 Å². The molecule has 2 N–H and O–H groups in total. The zero-order valence-electron chi connectivity index (χ0n) is 14.4. The lowest BCUT2D eigenvalue weighted by molar-refractivity contribution is 0.0952. The molecule has 24 heavy (non-hydrogen) atoms. The van der Waals surface area contributed by atoms with Crippen molar-refractivity contribution in [1.82, 2.24) is 10.0 Å². The van der Waals surface area contributed by atoms with Gasteiger partial charge in [-0.25, -0.2) is 13.1 Å². The van der Waals surface area contributed by atoms with E-state index in [2.05, 4.69) is 17.0 Å². The third-order valence-electron chi connectivity index (χ3n) is 4.40. The molecule has 0 bridgehead atoms. The predicted octanol–water partition coefficient (Wildman–Crippen LogP) is 3.22. The van der Waals surface area contributed by atoms with Gasteiger partial charge in [0.05, 0.1) is 4.90 Å².